The van der Waals surface area contributed by atoms with Crippen molar-refractivity contribution in [1.82, 2.24) is 4.98 Å². The van der Waals surface area contributed by atoms with Crippen molar-refractivity contribution in [1.29, 1.82) is 0 Å². The summed E-state index contributed by atoms with van der Waals surface area (Å²) in [5, 5.41) is 55.0. The number of carbonyl (C=O) groups excluding carboxylic acids is 1. The second-order valence-electron chi connectivity index (χ2n) is 11.9. The summed E-state index contributed by atoms with van der Waals surface area (Å²) in [6.45, 7) is 11.9. The number of aromatic nitrogens is 1. The van der Waals surface area contributed by atoms with Gasteiger partial charge in [0.15, 0.2) is 5.88 Å². The molecular weight excluding hydrogens is 604 g/mol. The van der Waals surface area contributed by atoms with Crippen molar-refractivity contribution in [2.24, 2.45) is 4.99 Å². The minimum atomic E-state index is -1.18. The first kappa shape index (κ1) is 33.1. The average molecular weight is 645 g/mol. The van der Waals surface area contributed by atoms with Gasteiger partial charge in [0.2, 0.25) is 0 Å². The third kappa shape index (κ3) is 5.00. The summed E-state index contributed by atoms with van der Waals surface area (Å²) in [7, 11) is 0. The number of hydrogen-bond donors (Lipinski definition) is 6. The normalized spacial score (nSPS) is 19.7. The fraction of sp³-hybridized carbons (Fsp3) is 0.250. The van der Waals surface area contributed by atoms with Gasteiger partial charge in [-0.2, -0.15) is 0 Å². The summed E-state index contributed by atoms with van der Waals surface area (Å²) in [6, 6.07) is 22.2. The van der Waals surface area contributed by atoms with Crippen molar-refractivity contribution >= 4 is 11.6 Å². The van der Waals surface area contributed by atoms with Gasteiger partial charge in [-0.25, -0.2) is 4.99 Å². The number of aromatic hydroxyl groups is 1. The summed E-state index contributed by atoms with van der Waals surface area (Å²) in [4.78, 5) is 20.6. The van der Waals surface area contributed by atoms with E-state index < -0.39 is 30.3 Å². The number of rotatable bonds is 2. The molecule has 1 amide bonds. The van der Waals surface area contributed by atoms with Gasteiger partial charge in [0.25, 0.3) is 5.91 Å². The summed E-state index contributed by atoms with van der Waals surface area (Å²) in [6.07, 6.45) is -4.58. The number of carbonyl (C=O) groups is 1. The number of aliphatic imine (C=N–C) groups is 1. The molecule has 2 aliphatic carbocycles. The zero-order chi connectivity index (χ0) is 34.6. The maximum atomic E-state index is 13.4. The van der Waals surface area contributed by atoms with E-state index in [2.05, 4.69) is 9.98 Å². The highest BCUT2D eigenvalue weighted by Crippen LogP contribution is 2.48. The second-order valence-corrected chi connectivity index (χ2v) is 11.9. The third-order valence-electron chi connectivity index (χ3n) is 9.18. The molecule has 8 nitrogen and oxygen atoms in total. The molecule has 0 saturated heterocycles. The highest BCUT2D eigenvalue weighted by molar-refractivity contribution is 6.30. The Hall–Kier alpha value is -4.86. The molecule has 8 rings (SSSR count). The summed E-state index contributed by atoms with van der Waals surface area (Å²) >= 11 is 0. The molecule has 8 heteroatoms. The second kappa shape index (κ2) is 12.6. The van der Waals surface area contributed by atoms with E-state index in [0.717, 1.165) is 33.4 Å². The van der Waals surface area contributed by atoms with Crippen molar-refractivity contribution in [3.8, 4) is 39.4 Å². The lowest BCUT2D eigenvalue weighted by molar-refractivity contribution is 0.0157. The van der Waals surface area contributed by atoms with Crippen LogP contribution in [0, 0.1) is 13.8 Å². The smallest absolute Gasteiger partial charge is 0.280 e. The number of aromatic amines is 1. The Balaban J connectivity index is 0.000000969. The lowest BCUT2D eigenvalue weighted by Gasteiger charge is -2.30. The number of benzene rings is 4. The van der Waals surface area contributed by atoms with Gasteiger partial charge in [-0.05, 0) is 76.1 Å². The van der Waals surface area contributed by atoms with E-state index in [0.29, 0.717) is 39.1 Å². The predicted molar refractivity (Wildman–Crippen MR) is 187 cm³/mol. The Morgan fingerprint density at radius 1 is 0.562 bits per heavy atom. The monoisotopic (exact) mass is 644 g/mol. The molecule has 5 aromatic rings. The number of nitrogens with zero attached hydrogens (tertiary/aromatic N) is 1. The van der Waals surface area contributed by atoms with Crippen molar-refractivity contribution in [2.45, 2.75) is 66.0 Å². The Morgan fingerprint density at radius 3 is 1.44 bits per heavy atom. The van der Waals surface area contributed by atoms with E-state index in [9.17, 15) is 30.3 Å². The molecule has 4 unspecified atom stereocenters. The van der Waals surface area contributed by atoms with E-state index in [1.807, 2.05) is 90.1 Å². The van der Waals surface area contributed by atoms with Crippen LogP contribution < -0.4 is 0 Å². The third-order valence-corrected chi connectivity index (χ3v) is 9.18. The molecule has 0 saturated carbocycles. The number of aliphatic hydroxyl groups is 4. The summed E-state index contributed by atoms with van der Waals surface area (Å²) in [5.41, 5.74) is 9.58. The first-order chi connectivity index (χ1) is 23.1. The van der Waals surface area contributed by atoms with Crippen LogP contribution in [-0.2, 0) is 0 Å². The van der Waals surface area contributed by atoms with Crippen LogP contribution in [0.25, 0.3) is 33.5 Å². The average Bonchev–Trinajstić information content (AvgIpc) is 3.64. The van der Waals surface area contributed by atoms with E-state index in [1.54, 1.807) is 24.3 Å². The fourth-order valence-electron chi connectivity index (χ4n) is 7.00. The van der Waals surface area contributed by atoms with Crippen LogP contribution in [0.15, 0.2) is 77.8 Å². The molecule has 0 bridgehead atoms. The molecule has 1 aliphatic heterocycles. The van der Waals surface area contributed by atoms with Crippen LogP contribution in [0.1, 0.15) is 107 Å². The molecule has 3 aliphatic rings. The first-order valence-electron chi connectivity index (χ1n) is 16.4. The van der Waals surface area contributed by atoms with Crippen LogP contribution in [0.2, 0.25) is 0 Å². The van der Waals surface area contributed by atoms with Gasteiger partial charge in [0.1, 0.15) is 24.4 Å². The zero-order valence-corrected chi connectivity index (χ0v) is 27.8. The molecule has 246 valence electrons. The molecule has 4 atom stereocenters. The number of aliphatic hydroxyl groups excluding tert-OH is 4. The quantitative estimate of drug-likeness (QED) is 0.117. The minimum absolute atomic E-state index is 0.193. The first-order valence-corrected chi connectivity index (χ1v) is 16.4. The molecule has 0 radical (unpaired) electrons. The van der Waals surface area contributed by atoms with Gasteiger partial charge in [0.05, 0.1) is 22.5 Å². The van der Waals surface area contributed by atoms with Crippen molar-refractivity contribution in [3.63, 3.8) is 0 Å². The maximum absolute atomic E-state index is 13.4. The highest BCUT2D eigenvalue weighted by Gasteiger charge is 2.37. The number of hydrogen-bond acceptors (Lipinski definition) is 6. The largest absolute Gasteiger partial charge is 0.494 e. The predicted octanol–water partition coefficient (Wildman–Crippen LogP) is 7.54. The van der Waals surface area contributed by atoms with Gasteiger partial charge in [-0.1, -0.05) is 99.5 Å². The van der Waals surface area contributed by atoms with E-state index in [-0.39, 0.29) is 22.7 Å². The van der Waals surface area contributed by atoms with Crippen molar-refractivity contribution in [3.05, 3.63) is 123 Å². The Bertz CT molecular complexity index is 2110. The molecule has 0 spiro atoms. The Kier molecular flexibility index (Phi) is 8.70. The standard InChI is InChI=1S/C36H28N2O6.2C2H6/c1-15-3-7-19-21-9-5-17(13-25(21)33(41)31(39)23(19)11-15)29-27-28(36(44)37-29)30(38-35(27)43)18-6-10-22-20-8-4-16(2)12-24(20)32(40)34(42)26(22)14-18;2*1-2/h3-14,31-34,37,39-42,44H,1-2H3;2*1-2H3. The molecule has 6 N–H and O–H groups in total. The lowest BCUT2D eigenvalue weighted by atomic mass is 9.80. The van der Waals surface area contributed by atoms with Gasteiger partial charge in [-0.3, -0.25) is 4.79 Å². The highest BCUT2D eigenvalue weighted by atomic mass is 16.3. The van der Waals surface area contributed by atoms with E-state index >= 15 is 0 Å². The number of H-pyrrole nitrogens is 1. The number of amides is 1. The molecule has 4 aromatic carbocycles. The van der Waals surface area contributed by atoms with Gasteiger partial charge >= 0.3 is 0 Å². The Morgan fingerprint density at radius 2 is 0.958 bits per heavy atom. The topological polar surface area (TPSA) is 146 Å². The molecule has 1 aromatic heterocycles. The Labute approximate surface area is 279 Å². The SMILES string of the molecule is CC.CC.Cc1ccc2c(c1)C(O)C(O)c1cc(C3=NC(=O)c4c(-c5ccc6c(c5)C(O)C(O)c5cc(C)ccc5-6)[nH]c(O)c43)ccc1-2. The van der Waals surface area contributed by atoms with Crippen LogP contribution in [0.4, 0.5) is 0 Å². The fourth-order valence-corrected chi connectivity index (χ4v) is 7.00. The van der Waals surface area contributed by atoms with Gasteiger partial charge in [0, 0.05) is 5.56 Å². The minimum Gasteiger partial charge on any atom is -0.494 e. The van der Waals surface area contributed by atoms with Crippen LogP contribution in [0.5, 0.6) is 5.88 Å². The summed E-state index contributed by atoms with van der Waals surface area (Å²) < 4.78 is 0. The van der Waals surface area contributed by atoms with Gasteiger partial charge in [-0.15, -0.1) is 0 Å². The van der Waals surface area contributed by atoms with Crippen LogP contribution >= 0.6 is 0 Å². The van der Waals surface area contributed by atoms with Crippen LogP contribution in [0.3, 0.4) is 0 Å². The zero-order valence-electron chi connectivity index (χ0n) is 27.8. The molecular formula is C40H40N2O6. The van der Waals surface area contributed by atoms with E-state index in [1.165, 1.54) is 0 Å². The van der Waals surface area contributed by atoms with Crippen LogP contribution in [-0.4, -0.2) is 42.1 Å². The lowest BCUT2D eigenvalue weighted by Crippen LogP contribution is -2.18. The maximum Gasteiger partial charge on any atom is 0.280 e. The van der Waals surface area contributed by atoms with Crippen molar-refractivity contribution in [2.75, 3.05) is 0 Å². The molecule has 48 heavy (non-hydrogen) atoms. The van der Waals surface area contributed by atoms with Gasteiger partial charge < -0.3 is 30.5 Å². The van der Waals surface area contributed by atoms with Crippen molar-refractivity contribution < 1.29 is 30.3 Å². The number of nitrogens with one attached hydrogen (secondary N) is 1. The molecule has 2 heterocycles. The number of aryl methyl sites for hydroxylation is 2. The number of fused-ring (bicyclic) bond motifs is 7. The summed E-state index contributed by atoms with van der Waals surface area (Å²) in [5.74, 6) is -0.780. The van der Waals surface area contributed by atoms with E-state index in [4.69, 9.17) is 0 Å². The molecule has 0 fully saturated rings.